The fourth-order valence-corrected chi connectivity index (χ4v) is 5.59. The van der Waals surface area contributed by atoms with Crippen molar-refractivity contribution in [2.24, 2.45) is 5.41 Å². The average molecular weight is 403 g/mol. The molecule has 0 N–H and O–H groups in total. The number of carbonyl (C=O) groups excluding carboxylic acids is 1. The van der Waals surface area contributed by atoms with Crippen LogP contribution in [0.25, 0.3) is 10.2 Å². The predicted molar refractivity (Wildman–Crippen MR) is 114 cm³/mol. The summed E-state index contributed by atoms with van der Waals surface area (Å²) in [5, 5.41) is 0.854. The van der Waals surface area contributed by atoms with E-state index < -0.39 is 0 Å². The molecule has 1 amide bonds. The van der Waals surface area contributed by atoms with E-state index in [-0.39, 0.29) is 16.9 Å². The first-order chi connectivity index (χ1) is 13.3. The van der Waals surface area contributed by atoms with E-state index in [1.54, 1.807) is 11.3 Å². The van der Waals surface area contributed by atoms with Crippen molar-refractivity contribution >= 4 is 33.4 Å². The van der Waals surface area contributed by atoms with Gasteiger partial charge < -0.3 is 9.80 Å². The van der Waals surface area contributed by atoms with Gasteiger partial charge in [-0.25, -0.2) is 4.98 Å². The van der Waals surface area contributed by atoms with Crippen molar-refractivity contribution in [2.45, 2.75) is 59.9 Å². The van der Waals surface area contributed by atoms with Crippen molar-refractivity contribution in [3.63, 3.8) is 0 Å². The number of thiophene rings is 1. The number of hydrogen-bond acceptors (Lipinski definition) is 5. The summed E-state index contributed by atoms with van der Waals surface area (Å²) in [5.41, 5.74) is 0.995. The van der Waals surface area contributed by atoms with Crippen molar-refractivity contribution in [2.75, 3.05) is 31.1 Å². The zero-order valence-corrected chi connectivity index (χ0v) is 18.2. The third-order valence-electron chi connectivity index (χ3n) is 5.86. The quantitative estimate of drug-likeness (QED) is 0.775. The zero-order chi connectivity index (χ0) is 20.1. The maximum atomic E-state index is 13.3. The number of aromatic nitrogens is 2. The first-order valence-corrected chi connectivity index (χ1v) is 11.2. The van der Waals surface area contributed by atoms with E-state index in [0.717, 1.165) is 35.4 Å². The molecule has 7 heteroatoms. The maximum Gasteiger partial charge on any atom is 0.263 e. The monoisotopic (exact) mass is 402 g/mol. The van der Waals surface area contributed by atoms with Crippen LogP contribution in [0.2, 0.25) is 0 Å². The first-order valence-electron chi connectivity index (χ1n) is 10.4. The molecule has 0 radical (unpaired) electrons. The van der Waals surface area contributed by atoms with Gasteiger partial charge in [-0.1, -0.05) is 20.8 Å². The summed E-state index contributed by atoms with van der Waals surface area (Å²) >= 11 is 1.70. The summed E-state index contributed by atoms with van der Waals surface area (Å²) < 4.78 is 1.82. The van der Waals surface area contributed by atoms with Gasteiger partial charge >= 0.3 is 0 Å². The van der Waals surface area contributed by atoms with Crippen LogP contribution in [0.3, 0.4) is 0 Å². The molecule has 0 aromatic carbocycles. The van der Waals surface area contributed by atoms with Crippen LogP contribution in [0.4, 0.5) is 5.95 Å². The van der Waals surface area contributed by atoms with E-state index in [9.17, 15) is 9.59 Å². The van der Waals surface area contributed by atoms with Gasteiger partial charge in [0.1, 0.15) is 4.83 Å². The Hall–Kier alpha value is -1.89. The number of carbonyl (C=O) groups is 1. The zero-order valence-electron chi connectivity index (χ0n) is 17.4. The van der Waals surface area contributed by atoms with Crippen molar-refractivity contribution in [1.29, 1.82) is 0 Å². The topological polar surface area (TPSA) is 58.4 Å². The SMILES string of the molecule is CCn1c(N2CCN(C(=O)C(C)(C)C)CC2)nc2sc3c(c2c1=O)CCCC3. The van der Waals surface area contributed by atoms with Crippen LogP contribution in [0.5, 0.6) is 0 Å². The highest BCUT2D eigenvalue weighted by molar-refractivity contribution is 7.18. The van der Waals surface area contributed by atoms with Gasteiger partial charge in [0.05, 0.1) is 5.39 Å². The molecule has 4 rings (SSSR count). The highest BCUT2D eigenvalue weighted by Gasteiger charge is 2.31. The molecule has 0 spiro atoms. The minimum absolute atomic E-state index is 0.107. The summed E-state index contributed by atoms with van der Waals surface area (Å²) in [4.78, 5) is 37.2. The number of piperazine rings is 1. The molecule has 1 saturated heterocycles. The van der Waals surface area contributed by atoms with Crippen molar-refractivity contribution in [3.8, 4) is 0 Å². The second-order valence-electron chi connectivity index (χ2n) is 8.88. The van der Waals surface area contributed by atoms with Crippen molar-refractivity contribution in [3.05, 3.63) is 20.8 Å². The van der Waals surface area contributed by atoms with Gasteiger partial charge in [-0.2, -0.15) is 0 Å². The van der Waals surface area contributed by atoms with Crippen LogP contribution in [-0.4, -0.2) is 46.5 Å². The van der Waals surface area contributed by atoms with E-state index >= 15 is 0 Å². The molecule has 0 atom stereocenters. The normalized spacial score (nSPS) is 17.9. The van der Waals surface area contributed by atoms with Gasteiger partial charge in [0, 0.05) is 43.0 Å². The molecule has 28 heavy (non-hydrogen) atoms. The van der Waals surface area contributed by atoms with Gasteiger partial charge in [0.2, 0.25) is 11.9 Å². The van der Waals surface area contributed by atoms with Gasteiger partial charge in [0.25, 0.3) is 5.56 Å². The van der Waals surface area contributed by atoms with E-state index in [4.69, 9.17) is 4.98 Å². The van der Waals surface area contributed by atoms with Crippen LogP contribution in [0.1, 0.15) is 51.0 Å². The molecular formula is C21H30N4O2S. The number of anilines is 1. The Morgan fingerprint density at radius 3 is 2.43 bits per heavy atom. The number of rotatable bonds is 2. The first kappa shape index (κ1) is 19.4. The van der Waals surface area contributed by atoms with Gasteiger partial charge in [0.15, 0.2) is 0 Å². The molecular weight excluding hydrogens is 372 g/mol. The molecule has 0 unspecified atom stereocenters. The summed E-state index contributed by atoms with van der Waals surface area (Å²) in [5.74, 6) is 0.954. The Morgan fingerprint density at radius 1 is 1.11 bits per heavy atom. The highest BCUT2D eigenvalue weighted by Crippen LogP contribution is 2.34. The predicted octanol–water partition coefficient (Wildman–Crippen LogP) is 3.05. The Morgan fingerprint density at radius 2 is 1.79 bits per heavy atom. The molecule has 0 bridgehead atoms. The molecule has 0 saturated carbocycles. The minimum atomic E-state index is -0.360. The Kier molecular flexibility index (Phi) is 4.98. The van der Waals surface area contributed by atoms with Crippen LogP contribution in [0, 0.1) is 5.41 Å². The van der Waals surface area contributed by atoms with Gasteiger partial charge in [-0.05, 0) is 38.2 Å². The number of hydrogen-bond donors (Lipinski definition) is 0. The summed E-state index contributed by atoms with van der Waals surface area (Å²) in [7, 11) is 0. The van der Waals surface area contributed by atoms with Crippen LogP contribution < -0.4 is 10.5 Å². The maximum absolute atomic E-state index is 13.3. The second kappa shape index (κ2) is 7.17. The fourth-order valence-electron chi connectivity index (χ4n) is 4.34. The molecule has 6 nitrogen and oxygen atoms in total. The molecule has 2 aliphatic rings. The fraction of sp³-hybridized carbons (Fsp3) is 0.667. The van der Waals surface area contributed by atoms with E-state index in [2.05, 4.69) is 4.90 Å². The third-order valence-corrected chi connectivity index (χ3v) is 7.05. The Balaban J connectivity index is 1.66. The molecule has 152 valence electrons. The lowest BCUT2D eigenvalue weighted by atomic mass is 9.94. The molecule has 3 heterocycles. The Labute approximate surface area is 170 Å². The molecule has 2 aromatic rings. The lowest BCUT2D eigenvalue weighted by Crippen LogP contribution is -2.52. The summed E-state index contributed by atoms with van der Waals surface area (Å²) in [6.07, 6.45) is 4.45. The van der Waals surface area contributed by atoms with Crippen molar-refractivity contribution in [1.82, 2.24) is 14.5 Å². The summed E-state index contributed by atoms with van der Waals surface area (Å²) in [6.45, 7) is 11.3. The smallest absolute Gasteiger partial charge is 0.263 e. The van der Waals surface area contributed by atoms with E-state index in [0.29, 0.717) is 32.7 Å². The molecule has 2 aromatic heterocycles. The van der Waals surface area contributed by atoms with Gasteiger partial charge in [-0.15, -0.1) is 11.3 Å². The van der Waals surface area contributed by atoms with E-state index in [1.165, 1.54) is 16.9 Å². The number of fused-ring (bicyclic) bond motifs is 3. The number of nitrogens with zero attached hydrogens (tertiary/aromatic N) is 4. The minimum Gasteiger partial charge on any atom is -0.339 e. The number of amides is 1. The van der Waals surface area contributed by atoms with E-state index in [1.807, 2.05) is 37.2 Å². The second-order valence-corrected chi connectivity index (χ2v) is 9.97. The molecule has 1 fully saturated rings. The standard InChI is InChI=1S/C21H30N4O2S/c1-5-25-18(26)16-14-8-6-7-9-15(14)28-17(16)22-20(25)24-12-10-23(11-13-24)19(27)21(2,3)4/h5-13H2,1-4H3. The van der Waals surface area contributed by atoms with Crippen LogP contribution in [0.15, 0.2) is 4.79 Å². The highest BCUT2D eigenvalue weighted by atomic mass is 32.1. The largest absolute Gasteiger partial charge is 0.339 e. The van der Waals surface area contributed by atoms with Crippen LogP contribution >= 0.6 is 11.3 Å². The van der Waals surface area contributed by atoms with Crippen LogP contribution in [-0.2, 0) is 24.2 Å². The molecule has 1 aliphatic heterocycles. The number of aryl methyl sites for hydroxylation is 2. The lowest BCUT2D eigenvalue weighted by Gasteiger charge is -2.38. The van der Waals surface area contributed by atoms with Crippen molar-refractivity contribution < 1.29 is 4.79 Å². The lowest BCUT2D eigenvalue weighted by molar-refractivity contribution is -0.139. The average Bonchev–Trinajstić information content (AvgIpc) is 3.05. The van der Waals surface area contributed by atoms with Gasteiger partial charge in [-0.3, -0.25) is 14.2 Å². The Bertz CT molecular complexity index is 961. The third kappa shape index (κ3) is 3.23. The summed E-state index contributed by atoms with van der Waals surface area (Å²) in [6, 6.07) is 0. The molecule has 1 aliphatic carbocycles.